The van der Waals surface area contributed by atoms with Gasteiger partial charge < -0.3 is 10.2 Å². The minimum absolute atomic E-state index is 0.116. The van der Waals surface area contributed by atoms with Crippen molar-refractivity contribution in [3.8, 4) is 0 Å². The van der Waals surface area contributed by atoms with Crippen molar-refractivity contribution >= 4 is 61.5 Å². The maximum atomic E-state index is 12.9. The summed E-state index contributed by atoms with van der Waals surface area (Å²) in [4.78, 5) is 14.9. The third kappa shape index (κ3) is 4.94. The van der Waals surface area contributed by atoms with Crippen molar-refractivity contribution in [2.45, 2.75) is 17.0 Å². The highest BCUT2D eigenvalue weighted by Crippen LogP contribution is 2.28. The van der Waals surface area contributed by atoms with Crippen LogP contribution in [0, 0.1) is 6.92 Å². The van der Waals surface area contributed by atoms with Gasteiger partial charge in [0.1, 0.15) is 0 Å². The summed E-state index contributed by atoms with van der Waals surface area (Å²) >= 11 is 7.45. The number of aromatic nitrogens is 3. The Labute approximate surface area is 218 Å². The first-order chi connectivity index (χ1) is 17.2. The van der Waals surface area contributed by atoms with Crippen LogP contribution in [0.1, 0.15) is 5.56 Å². The van der Waals surface area contributed by atoms with E-state index in [1.165, 1.54) is 28.2 Å². The Balaban J connectivity index is 1.26. The molecule has 1 aliphatic heterocycles. The number of hydrogen-bond donors (Lipinski definition) is 1. The monoisotopic (exact) mass is 544 g/mol. The number of piperazine rings is 1. The SMILES string of the molecule is Cc1cc2nnc(SCC(=O)Nc3ccc(S(=O)(=O)N4CCN(C)CC4)cc3)n2c2ccc(Cl)cc12. The summed E-state index contributed by atoms with van der Waals surface area (Å²) in [5.41, 5.74) is 3.18. The summed E-state index contributed by atoms with van der Waals surface area (Å²) in [6.07, 6.45) is 0. The topological polar surface area (TPSA) is 99.9 Å². The number of anilines is 1. The predicted molar refractivity (Wildman–Crippen MR) is 142 cm³/mol. The number of aryl methyl sites for hydroxylation is 1. The zero-order valence-corrected chi connectivity index (χ0v) is 22.2. The molecular formula is C24H25ClN6O3S2. The minimum atomic E-state index is -3.55. The third-order valence-electron chi connectivity index (χ3n) is 6.20. The lowest BCUT2D eigenvalue weighted by Crippen LogP contribution is -2.46. The summed E-state index contributed by atoms with van der Waals surface area (Å²) in [6, 6.07) is 13.9. The normalized spacial score (nSPS) is 15.5. The Bertz CT molecular complexity index is 1550. The molecule has 0 aliphatic carbocycles. The molecule has 2 aromatic carbocycles. The number of carbonyl (C=O) groups is 1. The van der Waals surface area contributed by atoms with Gasteiger partial charge in [0.25, 0.3) is 0 Å². The average molecular weight is 545 g/mol. The van der Waals surface area contributed by atoms with Crippen molar-refractivity contribution in [3.63, 3.8) is 0 Å². The van der Waals surface area contributed by atoms with E-state index in [1.54, 1.807) is 12.1 Å². The summed E-state index contributed by atoms with van der Waals surface area (Å²) in [6.45, 7) is 4.34. The molecule has 0 atom stereocenters. The van der Waals surface area contributed by atoms with Crippen molar-refractivity contribution in [3.05, 3.63) is 59.1 Å². The Morgan fingerprint density at radius 2 is 1.78 bits per heavy atom. The molecule has 5 rings (SSSR count). The molecule has 36 heavy (non-hydrogen) atoms. The largest absolute Gasteiger partial charge is 0.325 e. The number of nitrogens with one attached hydrogen (secondary N) is 1. The highest BCUT2D eigenvalue weighted by atomic mass is 35.5. The fourth-order valence-electron chi connectivity index (χ4n) is 4.20. The first-order valence-electron chi connectivity index (χ1n) is 11.4. The van der Waals surface area contributed by atoms with E-state index < -0.39 is 10.0 Å². The van der Waals surface area contributed by atoms with Gasteiger partial charge in [0.05, 0.1) is 16.2 Å². The van der Waals surface area contributed by atoms with Crippen LogP contribution in [0.3, 0.4) is 0 Å². The van der Waals surface area contributed by atoms with E-state index in [-0.39, 0.29) is 16.6 Å². The molecule has 0 saturated carbocycles. The highest BCUT2D eigenvalue weighted by Gasteiger charge is 2.27. The fraction of sp³-hybridized carbons (Fsp3) is 0.292. The molecule has 0 spiro atoms. The molecule has 2 aromatic heterocycles. The van der Waals surface area contributed by atoms with Gasteiger partial charge in [-0.25, -0.2) is 8.42 Å². The number of pyridine rings is 1. The lowest BCUT2D eigenvalue weighted by Gasteiger charge is -2.31. The average Bonchev–Trinajstić information content (AvgIpc) is 3.26. The number of sulfonamides is 1. The number of benzene rings is 2. The van der Waals surface area contributed by atoms with E-state index in [9.17, 15) is 13.2 Å². The molecule has 0 unspecified atom stereocenters. The molecule has 1 N–H and O–H groups in total. The van der Waals surface area contributed by atoms with Gasteiger partial charge >= 0.3 is 0 Å². The number of nitrogens with zero attached hydrogens (tertiary/aromatic N) is 5. The van der Waals surface area contributed by atoms with Crippen LogP contribution in [-0.4, -0.2) is 77.1 Å². The molecule has 0 bridgehead atoms. The minimum Gasteiger partial charge on any atom is -0.325 e. The van der Waals surface area contributed by atoms with E-state index in [4.69, 9.17) is 11.6 Å². The van der Waals surface area contributed by atoms with Crippen LogP contribution < -0.4 is 5.32 Å². The van der Waals surface area contributed by atoms with E-state index in [0.717, 1.165) is 16.5 Å². The summed E-state index contributed by atoms with van der Waals surface area (Å²) in [7, 11) is -1.57. The number of halogens is 1. The molecule has 12 heteroatoms. The fourth-order valence-corrected chi connectivity index (χ4v) is 6.55. The smallest absolute Gasteiger partial charge is 0.243 e. The zero-order valence-electron chi connectivity index (χ0n) is 19.8. The molecule has 1 saturated heterocycles. The van der Waals surface area contributed by atoms with Crippen molar-refractivity contribution in [2.75, 3.05) is 44.3 Å². The molecule has 4 aromatic rings. The van der Waals surface area contributed by atoms with E-state index in [1.807, 2.05) is 42.6 Å². The molecule has 1 amide bonds. The van der Waals surface area contributed by atoms with Crippen molar-refractivity contribution < 1.29 is 13.2 Å². The number of carbonyl (C=O) groups excluding carboxylic acids is 1. The number of hydrogen-bond acceptors (Lipinski definition) is 7. The number of fused-ring (bicyclic) bond motifs is 3. The number of likely N-dealkylation sites (N-methyl/N-ethyl adjacent to an activating group) is 1. The Morgan fingerprint density at radius 1 is 1.06 bits per heavy atom. The van der Waals surface area contributed by atoms with Crippen LogP contribution in [0.5, 0.6) is 0 Å². The van der Waals surface area contributed by atoms with Gasteiger partial charge in [-0.3, -0.25) is 9.20 Å². The lowest BCUT2D eigenvalue weighted by atomic mass is 10.1. The Kier molecular flexibility index (Phi) is 6.92. The Hall–Kier alpha value is -2.70. The lowest BCUT2D eigenvalue weighted by molar-refractivity contribution is -0.113. The van der Waals surface area contributed by atoms with Crippen LogP contribution in [0.25, 0.3) is 16.6 Å². The summed E-state index contributed by atoms with van der Waals surface area (Å²) in [5.74, 6) is -0.114. The molecule has 1 fully saturated rings. The zero-order chi connectivity index (χ0) is 25.4. The van der Waals surface area contributed by atoms with Gasteiger partial charge in [-0.15, -0.1) is 10.2 Å². The van der Waals surface area contributed by atoms with Crippen LogP contribution in [0.2, 0.25) is 5.02 Å². The maximum absolute atomic E-state index is 12.9. The summed E-state index contributed by atoms with van der Waals surface area (Å²) < 4.78 is 29.2. The first-order valence-corrected chi connectivity index (χ1v) is 14.2. The molecule has 3 heterocycles. The number of amides is 1. The van der Waals surface area contributed by atoms with Crippen LogP contribution in [0.4, 0.5) is 5.69 Å². The second kappa shape index (κ2) is 9.98. The van der Waals surface area contributed by atoms with E-state index in [0.29, 0.717) is 47.7 Å². The summed E-state index contributed by atoms with van der Waals surface area (Å²) in [5, 5.41) is 13.6. The van der Waals surface area contributed by atoms with Gasteiger partial charge in [0.15, 0.2) is 10.8 Å². The molecule has 188 valence electrons. The van der Waals surface area contributed by atoms with Crippen LogP contribution in [-0.2, 0) is 14.8 Å². The molecular weight excluding hydrogens is 520 g/mol. The molecule has 0 radical (unpaired) electrons. The van der Waals surface area contributed by atoms with E-state index in [2.05, 4.69) is 20.4 Å². The number of thioether (sulfide) groups is 1. The number of rotatable bonds is 6. The quantitative estimate of drug-likeness (QED) is 0.371. The van der Waals surface area contributed by atoms with E-state index >= 15 is 0 Å². The third-order valence-corrected chi connectivity index (χ3v) is 9.28. The molecule has 1 aliphatic rings. The second-order valence-corrected chi connectivity index (χ2v) is 12.1. The van der Waals surface area contributed by atoms with Crippen LogP contribution >= 0.6 is 23.4 Å². The highest BCUT2D eigenvalue weighted by molar-refractivity contribution is 7.99. The van der Waals surface area contributed by atoms with Gasteiger partial charge in [0, 0.05) is 42.3 Å². The maximum Gasteiger partial charge on any atom is 0.243 e. The first kappa shape index (κ1) is 25.0. The van der Waals surface area contributed by atoms with Gasteiger partial charge in [-0.1, -0.05) is 23.4 Å². The molecule has 9 nitrogen and oxygen atoms in total. The standard InChI is InChI=1S/C24H25ClN6O3S2/c1-16-13-22-27-28-24(31(22)21-8-3-17(25)14-20(16)21)35-15-23(32)26-18-4-6-19(7-5-18)36(33,34)30-11-9-29(2)10-12-30/h3-8,13-14H,9-12,15H2,1-2H3,(H,26,32). The van der Waals surface area contributed by atoms with Crippen LogP contribution in [0.15, 0.2) is 58.6 Å². The van der Waals surface area contributed by atoms with Gasteiger partial charge in [0.2, 0.25) is 15.9 Å². The van der Waals surface area contributed by atoms with Gasteiger partial charge in [-0.05, 0) is 68.1 Å². The predicted octanol–water partition coefficient (Wildman–Crippen LogP) is 3.51. The second-order valence-electron chi connectivity index (χ2n) is 8.73. The Morgan fingerprint density at radius 3 is 2.50 bits per heavy atom. The van der Waals surface area contributed by atoms with Crippen molar-refractivity contribution in [1.82, 2.24) is 23.8 Å². The van der Waals surface area contributed by atoms with Crippen molar-refractivity contribution in [2.24, 2.45) is 0 Å². The van der Waals surface area contributed by atoms with Gasteiger partial charge in [-0.2, -0.15) is 4.31 Å². The van der Waals surface area contributed by atoms with Crippen molar-refractivity contribution in [1.29, 1.82) is 0 Å².